The highest BCUT2D eigenvalue weighted by atomic mass is 16.2. The number of hydrogen-bond donors (Lipinski definition) is 2. The van der Waals surface area contributed by atoms with Crippen molar-refractivity contribution < 1.29 is 4.79 Å². The van der Waals surface area contributed by atoms with E-state index in [0.717, 1.165) is 22.4 Å². The van der Waals surface area contributed by atoms with E-state index in [9.17, 15) is 4.79 Å². The third-order valence-electron chi connectivity index (χ3n) is 5.54. The molecule has 1 amide bonds. The predicted molar refractivity (Wildman–Crippen MR) is 133 cm³/mol. The fraction of sp³-hybridized carbons (Fsp3) is 0.222. The first-order valence-corrected chi connectivity index (χ1v) is 10.5. The summed E-state index contributed by atoms with van der Waals surface area (Å²) in [5, 5.41) is 0. The van der Waals surface area contributed by atoms with Crippen LogP contribution in [0.2, 0.25) is 0 Å². The second-order valence-electron chi connectivity index (χ2n) is 8.51. The molecule has 1 heterocycles. The van der Waals surface area contributed by atoms with E-state index in [1.165, 1.54) is 0 Å². The first-order valence-electron chi connectivity index (χ1n) is 10.5. The fourth-order valence-corrected chi connectivity index (χ4v) is 3.75. The van der Waals surface area contributed by atoms with Crippen molar-refractivity contribution >= 4 is 35.1 Å². The third kappa shape index (κ3) is 4.64. The first-order chi connectivity index (χ1) is 14.7. The van der Waals surface area contributed by atoms with Crippen LogP contribution in [0.15, 0.2) is 72.8 Å². The highest BCUT2D eigenvalue weighted by Gasteiger charge is 2.44. The molecule has 0 bridgehead atoms. The Hall–Kier alpha value is -3.53. The number of nitrogen functional groups attached to an aromatic ring is 2. The van der Waals surface area contributed by atoms with Crippen LogP contribution in [0.4, 0.5) is 17.1 Å². The number of anilines is 3. The standard InChI is InChI=1S/C14H14N2.C13H17NO/c15-13-8-4-7-12(14(13)16)10-9-11-5-2-1-3-6-11;1-9(2)14-11-8-6-5-7-10(11)13(3,4)12(14)15/h1-10H,15-16H2;5-9H,1-4H3. The predicted octanol–water partition coefficient (Wildman–Crippen LogP) is 5.74. The van der Waals surface area contributed by atoms with Crippen molar-refractivity contribution in [2.45, 2.75) is 39.2 Å². The molecule has 0 spiro atoms. The Morgan fingerprint density at radius 3 is 2.16 bits per heavy atom. The molecule has 0 unspecified atom stereocenters. The lowest BCUT2D eigenvalue weighted by molar-refractivity contribution is -0.122. The lowest BCUT2D eigenvalue weighted by atomic mass is 9.86. The van der Waals surface area contributed by atoms with Gasteiger partial charge in [0.2, 0.25) is 5.91 Å². The van der Waals surface area contributed by atoms with E-state index >= 15 is 0 Å². The van der Waals surface area contributed by atoms with Crippen LogP contribution in [-0.2, 0) is 10.2 Å². The largest absolute Gasteiger partial charge is 0.397 e. The number of rotatable bonds is 3. The van der Waals surface area contributed by atoms with Crippen LogP contribution in [0, 0.1) is 0 Å². The van der Waals surface area contributed by atoms with Gasteiger partial charge in [0, 0.05) is 11.7 Å². The Kier molecular flexibility index (Phi) is 6.50. The number of benzene rings is 3. The molecular formula is C27H31N3O. The molecule has 3 aromatic carbocycles. The smallest absolute Gasteiger partial charge is 0.237 e. The number of nitrogens with two attached hydrogens (primary N) is 2. The minimum atomic E-state index is -0.374. The maximum absolute atomic E-state index is 12.3. The number of hydrogen-bond acceptors (Lipinski definition) is 3. The van der Waals surface area contributed by atoms with Crippen LogP contribution in [-0.4, -0.2) is 11.9 Å². The van der Waals surface area contributed by atoms with Crippen molar-refractivity contribution in [2.75, 3.05) is 16.4 Å². The normalized spacial score (nSPS) is 14.5. The minimum absolute atomic E-state index is 0.207. The average molecular weight is 414 g/mol. The molecule has 4 heteroatoms. The number of para-hydroxylation sites is 2. The van der Waals surface area contributed by atoms with Crippen LogP contribution < -0.4 is 16.4 Å². The lowest BCUT2D eigenvalue weighted by Crippen LogP contribution is -2.40. The van der Waals surface area contributed by atoms with Crippen molar-refractivity contribution in [1.82, 2.24) is 0 Å². The van der Waals surface area contributed by atoms with E-state index in [4.69, 9.17) is 11.5 Å². The van der Waals surface area contributed by atoms with Gasteiger partial charge in [-0.25, -0.2) is 0 Å². The van der Waals surface area contributed by atoms with Crippen molar-refractivity contribution in [1.29, 1.82) is 0 Å². The molecule has 1 aliphatic heterocycles. The van der Waals surface area contributed by atoms with Gasteiger partial charge in [-0.2, -0.15) is 0 Å². The number of carbonyl (C=O) groups is 1. The maximum atomic E-state index is 12.3. The Bertz CT molecular complexity index is 1080. The maximum Gasteiger partial charge on any atom is 0.237 e. The van der Waals surface area contributed by atoms with Gasteiger partial charge in [-0.15, -0.1) is 0 Å². The van der Waals surface area contributed by atoms with Crippen LogP contribution >= 0.6 is 0 Å². The molecular weight excluding hydrogens is 382 g/mol. The van der Waals surface area contributed by atoms with E-state index < -0.39 is 0 Å². The van der Waals surface area contributed by atoms with Gasteiger partial charge in [-0.05, 0) is 56.5 Å². The van der Waals surface area contributed by atoms with Gasteiger partial charge in [-0.3, -0.25) is 4.79 Å². The summed E-state index contributed by atoms with van der Waals surface area (Å²) >= 11 is 0. The monoisotopic (exact) mass is 413 g/mol. The van der Waals surface area contributed by atoms with Gasteiger partial charge in [0.05, 0.1) is 16.8 Å². The summed E-state index contributed by atoms with van der Waals surface area (Å²) in [5.41, 5.74) is 16.8. The van der Waals surface area contributed by atoms with Gasteiger partial charge in [0.15, 0.2) is 0 Å². The highest BCUT2D eigenvalue weighted by Crippen LogP contribution is 2.42. The quantitative estimate of drug-likeness (QED) is 0.425. The molecule has 31 heavy (non-hydrogen) atoms. The zero-order valence-electron chi connectivity index (χ0n) is 18.7. The second-order valence-corrected chi connectivity index (χ2v) is 8.51. The molecule has 0 saturated heterocycles. The number of fused-ring (bicyclic) bond motifs is 1. The molecule has 0 aromatic heterocycles. The van der Waals surface area contributed by atoms with Crippen LogP contribution in [0.5, 0.6) is 0 Å². The molecule has 4 rings (SSSR count). The van der Waals surface area contributed by atoms with Crippen molar-refractivity contribution in [3.63, 3.8) is 0 Å². The zero-order chi connectivity index (χ0) is 22.6. The molecule has 1 aliphatic rings. The van der Waals surface area contributed by atoms with Gasteiger partial charge < -0.3 is 16.4 Å². The Labute approximate surface area is 185 Å². The number of carbonyl (C=O) groups excluding carboxylic acids is 1. The first kappa shape index (κ1) is 22.2. The minimum Gasteiger partial charge on any atom is -0.397 e. The van der Waals surface area contributed by atoms with Crippen molar-refractivity contribution in [3.05, 3.63) is 89.5 Å². The number of nitrogens with zero attached hydrogens (tertiary/aromatic N) is 1. The summed E-state index contributed by atoms with van der Waals surface area (Å²) in [4.78, 5) is 14.1. The van der Waals surface area contributed by atoms with Crippen LogP contribution in [0.1, 0.15) is 44.4 Å². The molecule has 3 aromatic rings. The van der Waals surface area contributed by atoms with Crippen molar-refractivity contribution in [2.24, 2.45) is 0 Å². The van der Waals surface area contributed by atoms with E-state index in [2.05, 4.69) is 19.9 Å². The number of amides is 1. The topological polar surface area (TPSA) is 72.3 Å². The van der Waals surface area contributed by atoms with E-state index in [1.54, 1.807) is 6.07 Å². The molecule has 0 fully saturated rings. The summed E-state index contributed by atoms with van der Waals surface area (Å²) in [7, 11) is 0. The summed E-state index contributed by atoms with van der Waals surface area (Å²) in [5.74, 6) is 0.207. The summed E-state index contributed by atoms with van der Waals surface area (Å²) in [6.45, 7) is 8.10. The summed E-state index contributed by atoms with van der Waals surface area (Å²) in [6.07, 6.45) is 3.99. The van der Waals surface area contributed by atoms with Gasteiger partial charge in [0.1, 0.15) is 0 Å². The molecule has 0 atom stereocenters. The van der Waals surface area contributed by atoms with Gasteiger partial charge >= 0.3 is 0 Å². The Morgan fingerprint density at radius 1 is 0.839 bits per heavy atom. The van der Waals surface area contributed by atoms with Crippen LogP contribution in [0.25, 0.3) is 12.2 Å². The highest BCUT2D eigenvalue weighted by molar-refractivity contribution is 6.07. The molecule has 0 saturated carbocycles. The molecule has 0 aliphatic carbocycles. The second kappa shape index (κ2) is 9.09. The third-order valence-corrected chi connectivity index (χ3v) is 5.54. The van der Waals surface area contributed by atoms with E-state index in [1.807, 2.05) is 91.6 Å². The molecule has 0 radical (unpaired) electrons. The molecule has 4 nitrogen and oxygen atoms in total. The zero-order valence-corrected chi connectivity index (χ0v) is 18.7. The summed E-state index contributed by atoms with van der Waals surface area (Å²) < 4.78 is 0. The van der Waals surface area contributed by atoms with E-state index in [0.29, 0.717) is 11.4 Å². The fourth-order valence-electron chi connectivity index (χ4n) is 3.75. The van der Waals surface area contributed by atoms with Gasteiger partial charge in [0.25, 0.3) is 0 Å². The molecule has 4 N–H and O–H groups in total. The SMILES string of the molecule is CC(C)N1C(=O)C(C)(C)c2ccccc21.Nc1cccc(C=Cc2ccccc2)c1N. The van der Waals surface area contributed by atoms with Crippen LogP contribution in [0.3, 0.4) is 0 Å². The average Bonchev–Trinajstić information content (AvgIpc) is 2.96. The lowest BCUT2D eigenvalue weighted by Gasteiger charge is -2.24. The molecule has 160 valence electrons. The van der Waals surface area contributed by atoms with Gasteiger partial charge in [-0.1, -0.05) is 72.8 Å². The van der Waals surface area contributed by atoms with E-state index in [-0.39, 0.29) is 17.4 Å². The van der Waals surface area contributed by atoms with Crippen molar-refractivity contribution in [3.8, 4) is 0 Å². The summed E-state index contributed by atoms with van der Waals surface area (Å²) in [6, 6.07) is 24.0. The Balaban J connectivity index is 0.000000176. The Morgan fingerprint density at radius 2 is 1.48 bits per heavy atom.